The number of hydrogen-bond donors (Lipinski definition) is 1. The van der Waals surface area contributed by atoms with Crippen LogP contribution in [0, 0.1) is 5.92 Å². The van der Waals surface area contributed by atoms with Crippen LogP contribution in [0.4, 0.5) is 5.69 Å². The molecule has 2 heteroatoms. The summed E-state index contributed by atoms with van der Waals surface area (Å²) in [5, 5.41) is 9.74. The number of phenolic OH excluding ortho intramolecular Hbond substituents is 1. The molecule has 1 unspecified atom stereocenters. The molecule has 118 valence electrons. The van der Waals surface area contributed by atoms with Gasteiger partial charge >= 0.3 is 0 Å². The van der Waals surface area contributed by atoms with E-state index in [1.807, 2.05) is 12.1 Å². The summed E-state index contributed by atoms with van der Waals surface area (Å²) in [6, 6.07) is 8.35. The molecule has 1 aliphatic rings. The fourth-order valence-electron chi connectivity index (χ4n) is 3.77. The zero-order chi connectivity index (χ0) is 15.1. The summed E-state index contributed by atoms with van der Waals surface area (Å²) in [7, 11) is 2.21. The zero-order valence-corrected chi connectivity index (χ0v) is 13.7. The van der Waals surface area contributed by atoms with Gasteiger partial charge in [-0.1, -0.05) is 51.5 Å². The molecule has 0 heterocycles. The van der Waals surface area contributed by atoms with Crippen LogP contribution in [0.1, 0.15) is 64.7 Å². The van der Waals surface area contributed by atoms with Crippen molar-refractivity contribution in [2.24, 2.45) is 5.92 Å². The van der Waals surface area contributed by atoms with Gasteiger partial charge in [-0.25, -0.2) is 0 Å². The topological polar surface area (TPSA) is 23.5 Å². The predicted molar refractivity (Wildman–Crippen MR) is 91.0 cm³/mol. The first-order valence-electron chi connectivity index (χ1n) is 8.74. The maximum Gasteiger partial charge on any atom is 0.117 e. The summed E-state index contributed by atoms with van der Waals surface area (Å²) in [5.41, 5.74) is 1.15. The quantitative estimate of drug-likeness (QED) is 0.683. The molecule has 1 aromatic carbocycles. The second-order valence-electron chi connectivity index (χ2n) is 6.59. The third-order valence-corrected chi connectivity index (χ3v) is 5.03. The Morgan fingerprint density at radius 2 is 1.95 bits per heavy atom. The summed E-state index contributed by atoms with van der Waals surface area (Å²) in [5.74, 6) is 1.19. The van der Waals surface area contributed by atoms with Crippen molar-refractivity contribution in [1.82, 2.24) is 0 Å². The van der Waals surface area contributed by atoms with Crippen LogP contribution in [-0.4, -0.2) is 18.2 Å². The fourth-order valence-corrected chi connectivity index (χ4v) is 3.77. The number of anilines is 1. The van der Waals surface area contributed by atoms with E-state index in [4.69, 9.17) is 0 Å². The second-order valence-corrected chi connectivity index (χ2v) is 6.59. The highest BCUT2D eigenvalue weighted by Crippen LogP contribution is 2.33. The minimum Gasteiger partial charge on any atom is -0.508 e. The molecule has 0 aliphatic heterocycles. The van der Waals surface area contributed by atoms with Gasteiger partial charge in [-0.05, 0) is 37.3 Å². The molecule has 1 fully saturated rings. The minimum absolute atomic E-state index is 0.371. The van der Waals surface area contributed by atoms with Crippen molar-refractivity contribution in [1.29, 1.82) is 0 Å². The lowest BCUT2D eigenvalue weighted by molar-refractivity contribution is 0.284. The highest BCUT2D eigenvalue weighted by atomic mass is 16.3. The first kappa shape index (κ1) is 16.2. The van der Waals surface area contributed by atoms with E-state index in [-0.39, 0.29) is 0 Å². The normalized spacial score (nSPS) is 17.6. The molecule has 2 rings (SSSR count). The van der Waals surface area contributed by atoms with Crippen LogP contribution < -0.4 is 4.90 Å². The first-order chi connectivity index (χ1) is 10.2. The predicted octanol–water partition coefficient (Wildman–Crippen LogP) is 5.36. The van der Waals surface area contributed by atoms with Crippen LogP contribution in [0.5, 0.6) is 5.75 Å². The van der Waals surface area contributed by atoms with Gasteiger partial charge in [-0.15, -0.1) is 0 Å². The van der Waals surface area contributed by atoms with E-state index in [9.17, 15) is 5.11 Å². The van der Waals surface area contributed by atoms with Crippen molar-refractivity contribution in [3.63, 3.8) is 0 Å². The van der Waals surface area contributed by atoms with Crippen molar-refractivity contribution in [3.05, 3.63) is 24.3 Å². The molecule has 1 aromatic rings. The molecule has 1 aliphatic carbocycles. The number of benzene rings is 1. The van der Waals surface area contributed by atoms with Gasteiger partial charge in [0.1, 0.15) is 5.75 Å². The molecule has 1 N–H and O–H groups in total. The molecule has 0 amide bonds. The molecule has 21 heavy (non-hydrogen) atoms. The Morgan fingerprint density at radius 1 is 1.19 bits per heavy atom. The van der Waals surface area contributed by atoms with Crippen molar-refractivity contribution >= 4 is 5.69 Å². The smallest absolute Gasteiger partial charge is 0.117 e. The van der Waals surface area contributed by atoms with E-state index in [2.05, 4.69) is 24.9 Å². The van der Waals surface area contributed by atoms with Crippen molar-refractivity contribution < 1.29 is 5.11 Å². The molecule has 0 spiro atoms. The molecule has 0 bridgehead atoms. The van der Waals surface area contributed by atoms with Gasteiger partial charge in [0, 0.05) is 24.8 Å². The van der Waals surface area contributed by atoms with E-state index in [0.717, 1.165) is 11.6 Å². The molecule has 2 nitrogen and oxygen atoms in total. The lowest BCUT2D eigenvalue weighted by Crippen LogP contribution is -2.39. The highest BCUT2D eigenvalue weighted by molar-refractivity contribution is 5.50. The van der Waals surface area contributed by atoms with Crippen LogP contribution in [0.3, 0.4) is 0 Å². The number of unbranched alkanes of at least 4 members (excludes halogenated alkanes) is 2. The molecule has 0 radical (unpaired) electrons. The summed E-state index contributed by atoms with van der Waals surface area (Å²) < 4.78 is 0. The molecule has 1 atom stereocenters. The lowest BCUT2D eigenvalue weighted by atomic mass is 9.81. The Hall–Kier alpha value is -1.18. The maximum absolute atomic E-state index is 9.74. The van der Waals surface area contributed by atoms with Gasteiger partial charge in [0.2, 0.25) is 0 Å². The Labute approximate surface area is 130 Å². The van der Waals surface area contributed by atoms with Gasteiger partial charge in [0.05, 0.1) is 0 Å². The Balaban J connectivity index is 2.08. The zero-order valence-electron chi connectivity index (χ0n) is 13.7. The average molecular weight is 289 g/mol. The van der Waals surface area contributed by atoms with E-state index >= 15 is 0 Å². The number of rotatable bonds is 7. The van der Waals surface area contributed by atoms with Crippen LogP contribution in [0.15, 0.2) is 24.3 Å². The molecule has 0 saturated heterocycles. The number of phenols is 1. The maximum atomic E-state index is 9.74. The molecule has 1 saturated carbocycles. The van der Waals surface area contributed by atoms with Crippen molar-refractivity contribution in [2.75, 3.05) is 11.9 Å². The Kier molecular flexibility index (Phi) is 6.41. The van der Waals surface area contributed by atoms with E-state index in [1.54, 1.807) is 6.07 Å². The number of hydrogen-bond acceptors (Lipinski definition) is 2. The van der Waals surface area contributed by atoms with E-state index < -0.39 is 0 Å². The lowest BCUT2D eigenvalue weighted by Gasteiger charge is -2.38. The van der Waals surface area contributed by atoms with Crippen LogP contribution in [-0.2, 0) is 0 Å². The van der Waals surface area contributed by atoms with Crippen molar-refractivity contribution in [3.8, 4) is 5.75 Å². The van der Waals surface area contributed by atoms with Gasteiger partial charge in [0.15, 0.2) is 0 Å². The SMILES string of the molecule is CCCCCC(C1CCCCC1)N(C)c1cccc(O)c1. The standard InChI is InChI=1S/C19H31NO/c1-3-4-6-14-19(16-10-7-5-8-11-16)20(2)17-12-9-13-18(21)15-17/h9,12-13,15-16,19,21H,3-8,10-11,14H2,1-2H3. The van der Waals surface area contributed by atoms with Crippen LogP contribution >= 0.6 is 0 Å². The third-order valence-electron chi connectivity index (χ3n) is 5.03. The Bertz CT molecular complexity index is 412. The molecule has 0 aromatic heterocycles. The third kappa shape index (κ3) is 4.66. The second kappa shape index (κ2) is 8.31. The Morgan fingerprint density at radius 3 is 2.62 bits per heavy atom. The van der Waals surface area contributed by atoms with E-state index in [0.29, 0.717) is 11.8 Å². The highest BCUT2D eigenvalue weighted by Gasteiger charge is 2.26. The van der Waals surface area contributed by atoms with Gasteiger partial charge in [-0.2, -0.15) is 0 Å². The monoisotopic (exact) mass is 289 g/mol. The molecular weight excluding hydrogens is 258 g/mol. The van der Waals surface area contributed by atoms with E-state index in [1.165, 1.54) is 57.8 Å². The average Bonchev–Trinajstić information content (AvgIpc) is 2.52. The summed E-state index contributed by atoms with van der Waals surface area (Å²) >= 11 is 0. The summed E-state index contributed by atoms with van der Waals surface area (Å²) in [6.45, 7) is 2.27. The van der Waals surface area contributed by atoms with Crippen molar-refractivity contribution in [2.45, 2.75) is 70.8 Å². The first-order valence-corrected chi connectivity index (χ1v) is 8.74. The van der Waals surface area contributed by atoms with Gasteiger partial charge in [0.25, 0.3) is 0 Å². The van der Waals surface area contributed by atoms with Crippen LogP contribution in [0.2, 0.25) is 0 Å². The summed E-state index contributed by atoms with van der Waals surface area (Å²) in [4.78, 5) is 2.42. The van der Waals surface area contributed by atoms with Gasteiger partial charge < -0.3 is 10.0 Å². The van der Waals surface area contributed by atoms with Gasteiger partial charge in [-0.3, -0.25) is 0 Å². The molecular formula is C19H31NO. The van der Waals surface area contributed by atoms with Crippen LogP contribution in [0.25, 0.3) is 0 Å². The fraction of sp³-hybridized carbons (Fsp3) is 0.684. The number of aromatic hydroxyl groups is 1. The summed E-state index contributed by atoms with van der Waals surface area (Å²) in [6.07, 6.45) is 12.2. The minimum atomic E-state index is 0.371. The number of nitrogens with zero attached hydrogens (tertiary/aromatic N) is 1. The largest absolute Gasteiger partial charge is 0.508 e.